The van der Waals surface area contributed by atoms with E-state index in [1.807, 2.05) is 6.92 Å². The molecule has 0 saturated carbocycles. The average Bonchev–Trinajstić information content (AvgIpc) is 2.97. The fourth-order valence-corrected chi connectivity index (χ4v) is 4.23. The lowest BCUT2D eigenvalue weighted by molar-refractivity contribution is -0.129. The Hall–Kier alpha value is -0.910. The third-order valence-corrected chi connectivity index (χ3v) is 5.29. The van der Waals surface area contributed by atoms with Crippen LogP contribution in [-0.4, -0.2) is 37.0 Å². The first-order valence-corrected chi connectivity index (χ1v) is 7.97. The molecule has 1 fully saturated rings. The quantitative estimate of drug-likeness (QED) is 0.892. The number of carbonyl (C=O) groups is 1. The number of thiophene rings is 1. The minimum Gasteiger partial charge on any atom is -0.359 e. The second-order valence-corrected chi connectivity index (χ2v) is 7.43. The normalized spacial score (nSPS) is 26.4. The molecule has 3 atom stereocenters. The van der Waals surface area contributed by atoms with Crippen LogP contribution in [0.2, 0.25) is 0 Å². The molecule has 0 radical (unpaired) electrons. The van der Waals surface area contributed by atoms with E-state index in [0.29, 0.717) is 0 Å². The minimum absolute atomic E-state index is 0.0556. The molecule has 0 aromatic carbocycles. The maximum absolute atomic E-state index is 12.0. The van der Waals surface area contributed by atoms with Crippen LogP contribution in [0, 0.1) is 12.3 Å². The standard InChI is InChI=1S/C15H25N3OS/c1-10-5-6-12(20-10)13(11(2)16)18-8-7-15(3,9-18)14(19)17-4/h5-6,11,13H,7-9,16H2,1-4H3,(H,17,19). The molecule has 1 amide bonds. The number of aryl methyl sites for hydroxylation is 1. The van der Waals surface area contributed by atoms with Gasteiger partial charge in [0.1, 0.15) is 0 Å². The summed E-state index contributed by atoms with van der Waals surface area (Å²) in [4.78, 5) is 17.0. The topological polar surface area (TPSA) is 58.4 Å². The van der Waals surface area contributed by atoms with Crippen molar-refractivity contribution in [3.63, 3.8) is 0 Å². The van der Waals surface area contributed by atoms with Crippen LogP contribution in [0.15, 0.2) is 12.1 Å². The van der Waals surface area contributed by atoms with Gasteiger partial charge in [-0.25, -0.2) is 0 Å². The fourth-order valence-electron chi connectivity index (χ4n) is 3.11. The molecule has 5 heteroatoms. The first kappa shape index (κ1) is 15.5. The van der Waals surface area contributed by atoms with Gasteiger partial charge in [-0.3, -0.25) is 9.69 Å². The van der Waals surface area contributed by atoms with Crippen molar-refractivity contribution >= 4 is 17.2 Å². The van der Waals surface area contributed by atoms with E-state index in [0.717, 1.165) is 19.5 Å². The molecular weight excluding hydrogens is 270 g/mol. The first-order valence-electron chi connectivity index (χ1n) is 7.15. The lowest BCUT2D eigenvalue weighted by atomic mass is 9.89. The number of nitrogens with two attached hydrogens (primary N) is 1. The van der Waals surface area contributed by atoms with E-state index in [2.05, 4.69) is 36.2 Å². The molecule has 1 aliphatic heterocycles. The molecular formula is C15H25N3OS. The molecule has 1 saturated heterocycles. The van der Waals surface area contributed by atoms with Crippen LogP contribution in [0.3, 0.4) is 0 Å². The van der Waals surface area contributed by atoms with Crippen molar-refractivity contribution in [1.29, 1.82) is 0 Å². The lowest BCUT2D eigenvalue weighted by Crippen LogP contribution is -2.42. The van der Waals surface area contributed by atoms with Gasteiger partial charge < -0.3 is 11.1 Å². The van der Waals surface area contributed by atoms with Crippen LogP contribution < -0.4 is 11.1 Å². The molecule has 4 nitrogen and oxygen atoms in total. The second-order valence-electron chi connectivity index (χ2n) is 6.11. The number of nitrogens with one attached hydrogen (secondary N) is 1. The molecule has 1 aromatic rings. The van der Waals surface area contributed by atoms with Crippen molar-refractivity contribution in [2.24, 2.45) is 11.1 Å². The third-order valence-electron chi connectivity index (χ3n) is 4.22. The summed E-state index contributed by atoms with van der Waals surface area (Å²) < 4.78 is 0. The summed E-state index contributed by atoms with van der Waals surface area (Å²) in [7, 11) is 1.71. The molecule has 112 valence electrons. The smallest absolute Gasteiger partial charge is 0.227 e. The molecule has 2 rings (SSSR count). The van der Waals surface area contributed by atoms with Crippen molar-refractivity contribution in [3.05, 3.63) is 21.9 Å². The third kappa shape index (κ3) is 2.90. The highest BCUT2D eigenvalue weighted by molar-refractivity contribution is 7.12. The first-order chi connectivity index (χ1) is 9.37. The SMILES string of the molecule is CNC(=O)C1(C)CCN(C(c2ccc(C)s2)C(C)N)C1. The Morgan fingerprint density at radius 2 is 2.25 bits per heavy atom. The predicted octanol–water partition coefficient (Wildman–Crippen LogP) is 1.90. The maximum atomic E-state index is 12.0. The zero-order valence-electron chi connectivity index (χ0n) is 12.8. The Morgan fingerprint density at radius 1 is 1.55 bits per heavy atom. The Labute approximate surface area is 125 Å². The maximum Gasteiger partial charge on any atom is 0.227 e. The number of hydrogen-bond donors (Lipinski definition) is 2. The number of nitrogens with zero attached hydrogens (tertiary/aromatic N) is 1. The van der Waals surface area contributed by atoms with Gasteiger partial charge in [0.2, 0.25) is 5.91 Å². The van der Waals surface area contributed by atoms with Gasteiger partial charge in [-0.05, 0) is 45.9 Å². The molecule has 3 N–H and O–H groups in total. The number of amides is 1. The van der Waals surface area contributed by atoms with Crippen LogP contribution in [-0.2, 0) is 4.79 Å². The summed E-state index contributed by atoms with van der Waals surface area (Å²) in [5, 5.41) is 2.79. The number of hydrogen-bond acceptors (Lipinski definition) is 4. The molecule has 20 heavy (non-hydrogen) atoms. The average molecular weight is 295 g/mol. The highest BCUT2D eigenvalue weighted by Gasteiger charge is 2.43. The zero-order chi connectivity index (χ0) is 14.9. The van der Waals surface area contributed by atoms with E-state index in [9.17, 15) is 4.79 Å². The van der Waals surface area contributed by atoms with Crippen LogP contribution in [0.1, 0.15) is 36.1 Å². The zero-order valence-corrected chi connectivity index (χ0v) is 13.6. The van der Waals surface area contributed by atoms with E-state index < -0.39 is 0 Å². The van der Waals surface area contributed by atoms with Crippen molar-refractivity contribution in [3.8, 4) is 0 Å². The summed E-state index contributed by atoms with van der Waals surface area (Å²) >= 11 is 1.80. The van der Waals surface area contributed by atoms with Gasteiger partial charge in [0, 0.05) is 29.4 Å². The van der Waals surface area contributed by atoms with Gasteiger partial charge in [0.25, 0.3) is 0 Å². The molecule has 1 aromatic heterocycles. The Bertz CT molecular complexity index is 485. The van der Waals surface area contributed by atoms with Crippen molar-refractivity contribution in [2.75, 3.05) is 20.1 Å². The Balaban J connectivity index is 2.19. The summed E-state index contributed by atoms with van der Waals surface area (Å²) in [6.45, 7) is 7.91. The van der Waals surface area contributed by atoms with E-state index in [-0.39, 0.29) is 23.4 Å². The molecule has 0 aliphatic carbocycles. The number of rotatable bonds is 4. The monoisotopic (exact) mass is 295 g/mol. The van der Waals surface area contributed by atoms with Crippen LogP contribution in [0.25, 0.3) is 0 Å². The fraction of sp³-hybridized carbons (Fsp3) is 0.667. The summed E-state index contributed by atoms with van der Waals surface area (Å²) in [6.07, 6.45) is 0.889. The van der Waals surface area contributed by atoms with E-state index in [4.69, 9.17) is 5.73 Å². The minimum atomic E-state index is -0.297. The van der Waals surface area contributed by atoms with E-state index >= 15 is 0 Å². The highest BCUT2D eigenvalue weighted by Crippen LogP contribution is 2.38. The Morgan fingerprint density at radius 3 is 2.75 bits per heavy atom. The molecule has 3 unspecified atom stereocenters. The van der Waals surface area contributed by atoms with Gasteiger partial charge in [-0.2, -0.15) is 0 Å². The molecule has 2 heterocycles. The Kier molecular flexibility index (Phi) is 4.52. The summed E-state index contributed by atoms with van der Waals surface area (Å²) in [5.74, 6) is 0.130. The largest absolute Gasteiger partial charge is 0.359 e. The van der Waals surface area contributed by atoms with E-state index in [1.54, 1.807) is 18.4 Å². The number of likely N-dealkylation sites (tertiary alicyclic amines) is 1. The van der Waals surface area contributed by atoms with Crippen LogP contribution in [0.5, 0.6) is 0 Å². The summed E-state index contributed by atoms with van der Waals surface area (Å²) in [6, 6.07) is 4.58. The van der Waals surface area contributed by atoms with Crippen molar-refractivity contribution in [1.82, 2.24) is 10.2 Å². The van der Waals surface area contributed by atoms with Crippen molar-refractivity contribution in [2.45, 2.75) is 39.3 Å². The van der Waals surface area contributed by atoms with Gasteiger partial charge >= 0.3 is 0 Å². The predicted molar refractivity (Wildman–Crippen MR) is 83.8 cm³/mol. The summed E-state index contributed by atoms with van der Waals surface area (Å²) in [5.41, 5.74) is 5.92. The lowest BCUT2D eigenvalue weighted by Gasteiger charge is -2.31. The van der Waals surface area contributed by atoms with Crippen LogP contribution in [0.4, 0.5) is 0 Å². The van der Waals surface area contributed by atoms with Crippen LogP contribution >= 0.6 is 11.3 Å². The van der Waals surface area contributed by atoms with Gasteiger partial charge in [-0.15, -0.1) is 11.3 Å². The van der Waals surface area contributed by atoms with Gasteiger partial charge in [0.15, 0.2) is 0 Å². The van der Waals surface area contributed by atoms with Gasteiger partial charge in [0.05, 0.1) is 11.5 Å². The highest BCUT2D eigenvalue weighted by atomic mass is 32.1. The molecule has 1 aliphatic rings. The van der Waals surface area contributed by atoms with E-state index in [1.165, 1.54) is 9.75 Å². The van der Waals surface area contributed by atoms with Crippen molar-refractivity contribution < 1.29 is 4.79 Å². The number of carbonyl (C=O) groups excluding carboxylic acids is 1. The molecule has 0 bridgehead atoms. The molecule has 0 spiro atoms. The van der Waals surface area contributed by atoms with Gasteiger partial charge in [-0.1, -0.05) is 0 Å². The second kappa shape index (κ2) is 5.84.